The average Bonchev–Trinajstić information content (AvgIpc) is 3.20. The minimum Gasteiger partial charge on any atom is -0.472 e. The van der Waals surface area contributed by atoms with Crippen molar-refractivity contribution in [2.24, 2.45) is 11.7 Å². The highest BCUT2D eigenvalue weighted by Crippen LogP contribution is 2.39. The Morgan fingerprint density at radius 1 is 1.38 bits per heavy atom. The minimum atomic E-state index is 0.367. The van der Waals surface area contributed by atoms with Crippen LogP contribution < -0.4 is 5.73 Å². The first kappa shape index (κ1) is 10.4. The highest BCUT2D eigenvalue weighted by Gasteiger charge is 2.37. The lowest BCUT2D eigenvalue weighted by Crippen LogP contribution is -2.36. The molecule has 2 fully saturated rings. The Hall–Kier alpha value is -0.800. The maximum atomic E-state index is 5.94. The SMILES string of the molecule is NCC(c1ccoc1)N(CC1CC1)C1CC1. The van der Waals surface area contributed by atoms with Crippen LogP contribution in [0.2, 0.25) is 0 Å². The van der Waals surface area contributed by atoms with Gasteiger partial charge in [-0.3, -0.25) is 4.90 Å². The third-order valence-corrected chi connectivity index (χ3v) is 3.73. The molecule has 2 aliphatic carbocycles. The van der Waals surface area contributed by atoms with Gasteiger partial charge in [0.2, 0.25) is 0 Å². The van der Waals surface area contributed by atoms with Crippen LogP contribution in [0.3, 0.4) is 0 Å². The fourth-order valence-corrected chi connectivity index (χ4v) is 2.46. The first-order valence-electron chi connectivity index (χ1n) is 6.36. The normalized spacial score (nSPS) is 22.6. The molecule has 0 aromatic carbocycles. The van der Waals surface area contributed by atoms with Crippen molar-refractivity contribution in [2.45, 2.75) is 37.8 Å². The Labute approximate surface area is 96.6 Å². The Morgan fingerprint density at radius 3 is 2.69 bits per heavy atom. The van der Waals surface area contributed by atoms with Crippen LogP contribution >= 0.6 is 0 Å². The molecule has 0 spiro atoms. The molecule has 0 saturated heterocycles. The van der Waals surface area contributed by atoms with Crippen molar-refractivity contribution in [1.82, 2.24) is 4.90 Å². The molecule has 1 atom stereocenters. The van der Waals surface area contributed by atoms with Crippen molar-refractivity contribution in [3.63, 3.8) is 0 Å². The van der Waals surface area contributed by atoms with Crippen molar-refractivity contribution >= 4 is 0 Å². The lowest BCUT2D eigenvalue weighted by Gasteiger charge is -2.30. The fourth-order valence-electron chi connectivity index (χ4n) is 2.46. The molecule has 1 heterocycles. The van der Waals surface area contributed by atoms with Gasteiger partial charge in [-0.05, 0) is 37.7 Å². The molecule has 16 heavy (non-hydrogen) atoms. The number of furan rings is 1. The smallest absolute Gasteiger partial charge is 0.0950 e. The monoisotopic (exact) mass is 220 g/mol. The van der Waals surface area contributed by atoms with E-state index >= 15 is 0 Å². The van der Waals surface area contributed by atoms with Gasteiger partial charge in [-0.15, -0.1) is 0 Å². The molecule has 0 radical (unpaired) electrons. The zero-order valence-corrected chi connectivity index (χ0v) is 9.64. The van der Waals surface area contributed by atoms with Crippen molar-refractivity contribution in [3.8, 4) is 0 Å². The van der Waals surface area contributed by atoms with E-state index in [1.54, 1.807) is 6.26 Å². The van der Waals surface area contributed by atoms with Crippen molar-refractivity contribution in [3.05, 3.63) is 24.2 Å². The van der Waals surface area contributed by atoms with Crippen LogP contribution in [0.25, 0.3) is 0 Å². The largest absolute Gasteiger partial charge is 0.472 e. The van der Waals surface area contributed by atoms with Gasteiger partial charge in [0.1, 0.15) is 0 Å². The first-order valence-corrected chi connectivity index (χ1v) is 6.36. The first-order chi connectivity index (χ1) is 7.88. The van der Waals surface area contributed by atoms with Crippen LogP contribution in [-0.4, -0.2) is 24.0 Å². The summed E-state index contributed by atoms with van der Waals surface area (Å²) in [6.07, 6.45) is 9.11. The average molecular weight is 220 g/mol. The highest BCUT2D eigenvalue weighted by atomic mass is 16.3. The van der Waals surface area contributed by atoms with Gasteiger partial charge in [-0.25, -0.2) is 0 Å². The predicted octanol–water partition coefficient (Wildman–Crippen LogP) is 2.15. The maximum Gasteiger partial charge on any atom is 0.0950 e. The quantitative estimate of drug-likeness (QED) is 0.798. The number of hydrogen-bond donors (Lipinski definition) is 1. The molecular weight excluding hydrogens is 200 g/mol. The Bertz CT molecular complexity index is 328. The van der Waals surface area contributed by atoms with E-state index in [4.69, 9.17) is 10.2 Å². The van der Waals surface area contributed by atoms with E-state index in [1.807, 2.05) is 6.26 Å². The van der Waals surface area contributed by atoms with Crippen molar-refractivity contribution in [2.75, 3.05) is 13.1 Å². The van der Waals surface area contributed by atoms with Gasteiger partial charge in [0, 0.05) is 24.7 Å². The van der Waals surface area contributed by atoms with Gasteiger partial charge in [-0.1, -0.05) is 0 Å². The van der Waals surface area contributed by atoms with E-state index in [0.717, 1.165) is 12.0 Å². The van der Waals surface area contributed by atoms with Gasteiger partial charge in [0.15, 0.2) is 0 Å². The molecule has 2 saturated carbocycles. The summed E-state index contributed by atoms with van der Waals surface area (Å²) in [5, 5.41) is 0. The van der Waals surface area contributed by atoms with E-state index in [0.29, 0.717) is 12.6 Å². The molecule has 3 nitrogen and oxygen atoms in total. The predicted molar refractivity (Wildman–Crippen MR) is 63.0 cm³/mol. The van der Waals surface area contributed by atoms with E-state index < -0.39 is 0 Å². The standard InChI is InChI=1S/C13H20N2O/c14-7-13(11-5-6-16-9-11)15(12-3-4-12)8-10-1-2-10/h5-6,9-10,12-13H,1-4,7-8,14H2. The lowest BCUT2D eigenvalue weighted by molar-refractivity contribution is 0.182. The number of nitrogens with zero attached hydrogens (tertiary/aromatic N) is 1. The molecule has 88 valence electrons. The molecule has 0 amide bonds. The van der Waals surface area contributed by atoms with Gasteiger partial charge in [0.05, 0.1) is 18.6 Å². The Morgan fingerprint density at radius 2 is 2.19 bits per heavy atom. The zero-order chi connectivity index (χ0) is 11.0. The van der Waals surface area contributed by atoms with E-state index in [1.165, 1.54) is 37.8 Å². The van der Waals surface area contributed by atoms with Gasteiger partial charge in [0.25, 0.3) is 0 Å². The lowest BCUT2D eigenvalue weighted by atomic mass is 10.1. The number of rotatable bonds is 6. The molecular formula is C13H20N2O. The van der Waals surface area contributed by atoms with Gasteiger partial charge >= 0.3 is 0 Å². The third kappa shape index (κ3) is 2.15. The molecule has 1 aromatic heterocycles. The summed E-state index contributed by atoms with van der Waals surface area (Å²) in [6, 6.07) is 3.20. The highest BCUT2D eigenvalue weighted by molar-refractivity contribution is 5.14. The molecule has 2 aliphatic rings. The molecule has 3 heteroatoms. The van der Waals surface area contributed by atoms with Gasteiger partial charge in [-0.2, -0.15) is 0 Å². The fraction of sp³-hybridized carbons (Fsp3) is 0.692. The summed E-state index contributed by atoms with van der Waals surface area (Å²) in [5.74, 6) is 0.932. The summed E-state index contributed by atoms with van der Waals surface area (Å²) < 4.78 is 5.19. The van der Waals surface area contributed by atoms with Crippen LogP contribution in [0.4, 0.5) is 0 Å². The second kappa shape index (κ2) is 4.22. The second-order valence-corrected chi connectivity index (χ2v) is 5.18. The van der Waals surface area contributed by atoms with Crippen LogP contribution in [0, 0.1) is 5.92 Å². The summed E-state index contributed by atoms with van der Waals surface area (Å²) in [5.41, 5.74) is 7.19. The second-order valence-electron chi connectivity index (χ2n) is 5.18. The van der Waals surface area contributed by atoms with E-state index in [9.17, 15) is 0 Å². The molecule has 0 aliphatic heterocycles. The topological polar surface area (TPSA) is 42.4 Å². The van der Waals surface area contributed by atoms with Crippen LogP contribution in [0.15, 0.2) is 23.0 Å². The summed E-state index contributed by atoms with van der Waals surface area (Å²) >= 11 is 0. The van der Waals surface area contributed by atoms with Crippen LogP contribution in [0.1, 0.15) is 37.3 Å². The minimum absolute atomic E-state index is 0.367. The molecule has 1 aromatic rings. The van der Waals surface area contributed by atoms with Gasteiger partial charge < -0.3 is 10.2 Å². The molecule has 0 bridgehead atoms. The molecule has 3 rings (SSSR count). The third-order valence-electron chi connectivity index (χ3n) is 3.73. The zero-order valence-electron chi connectivity index (χ0n) is 9.64. The summed E-state index contributed by atoms with van der Waals surface area (Å²) in [4.78, 5) is 2.61. The van der Waals surface area contributed by atoms with Crippen LogP contribution in [0.5, 0.6) is 0 Å². The van der Waals surface area contributed by atoms with Crippen LogP contribution in [-0.2, 0) is 0 Å². The van der Waals surface area contributed by atoms with E-state index in [-0.39, 0.29) is 0 Å². The van der Waals surface area contributed by atoms with Crippen molar-refractivity contribution < 1.29 is 4.42 Å². The summed E-state index contributed by atoms with van der Waals surface area (Å²) in [6.45, 7) is 1.93. The molecule has 2 N–H and O–H groups in total. The summed E-state index contributed by atoms with van der Waals surface area (Å²) in [7, 11) is 0. The van der Waals surface area contributed by atoms with E-state index in [2.05, 4.69) is 11.0 Å². The Balaban J connectivity index is 1.73. The number of nitrogens with two attached hydrogens (primary N) is 1. The maximum absolute atomic E-state index is 5.94. The molecule has 1 unspecified atom stereocenters. The number of hydrogen-bond acceptors (Lipinski definition) is 3. The van der Waals surface area contributed by atoms with Crippen molar-refractivity contribution in [1.29, 1.82) is 0 Å². The Kier molecular flexibility index (Phi) is 2.74.